The van der Waals surface area contributed by atoms with E-state index in [9.17, 15) is 0 Å². The van der Waals surface area contributed by atoms with Crippen molar-refractivity contribution in [2.24, 2.45) is 4.99 Å². The van der Waals surface area contributed by atoms with Crippen molar-refractivity contribution in [1.82, 2.24) is 10.6 Å². The zero-order valence-electron chi connectivity index (χ0n) is 11.4. The molecule has 0 aromatic heterocycles. The number of hydrogen-bond acceptors (Lipinski definition) is 5. The van der Waals surface area contributed by atoms with E-state index in [1.165, 1.54) is 0 Å². The average Bonchev–Trinajstić information content (AvgIpc) is 2.72. The molecule has 3 rings (SSSR count). The third-order valence-electron chi connectivity index (χ3n) is 3.20. The van der Waals surface area contributed by atoms with Crippen LogP contribution in [0.2, 0.25) is 0 Å². The number of halogens is 1. The first-order valence-corrected chi connectivity index (χ1v) is 6.83. The Bertz CT molecular complexity index is 479. The number of guanidine groups is 1. The van der Waals surface area contributed by atoms with Gasteiger partial charge in [-0.05, 0) is 12.5 Å². The Balaban J connectivity index is 0.00000147. The smallest absolute Gasteiger partial charge is 0.191 e. The molecular weight excluding hydrogens is 369 g/mol. The highest BCUT2D eigenvalue weighted by atomic mass is 127. The molecule has 0 spiro atoms. The van der Waals surface area contributed by atoms with Crippen LogP contribution in [0.25, 0.3) is 0 Å². The van der Waals surface area contributed by atoms with Crippen LogP contribution < -0.4 is 20.1 Å². The molecule has 6 heteroatoms. The summed E-state index contributed by atoms with van der Waals surface area (Å²) < 4.78 is 11.5. The molecule has 0 unspecified atom stereocenters. The Morgan fingerprint density at radius 3 is 2.95 bits per heavy atom. The maximum atomic E-state index is 5.79. The van der Waals surface area contributed by atoms with Gasteiger partial charge in [-0.3, -0.25) is 4.99 Å². The van der Waals surface area contributed by atoms with Crippen molar-refractivity contribution in [3.05, 3.63) is 23.8 Å². The van der Waals surface area contributed by atoms with Crippen molar-refractivity contribution in [1.29, 1.82) is 0 Å². The monoisotopic (exact) mass is 389 g/mol. The van der Waals surface area contributed by atoms with Gasteiger partial charge in [-0.15, -0.1) is 24.0 Å². The lowest BCUT2D eigenvalue weighted by Crippen LogP contribution is -2.40. The van der Waals surface area contributed by atoms with E-state index >= 15 is 0 Å². The molecule has 0 amide bonds. The SMILES string of the molecule is I.c1cc(CNC2=NCCCN2)c2c(c1)OCCCO2. The molecule has 0 saturated heterocycles. The summed E-state index contributed by atoms with van der Waals surface area (Å²) in [4.78, 5) is 4.40. The van der Waals surface area contributed by atoms with Crippen molar-refractivity contribution in [3.63, 3.8) is 0 Å². The van der Waals surface area contributed by atoms with Crippen LogP contribution in [0.1, 0.15) is 18.4 Å². The number of aliphatic imine (C=N–C) groups is 1. The van der Waals surface area contributed by atoms with Gasteiger partial charge in [-0.25, -0.2) is 0 Å². The first kappa shape index (κ1) is 15.2. The summed E-state index contributed by atoms with van der Waals surface area (Å²) in [5.41, 5.74) is 1.11. The number of ether oxygens (including phenoxy) is 2. The molecule has 0 bridgehead atoms. The third kappa shape index (κ3) is 3.68. The fourth-order valence-electron chi connectivity index (χ4n) is 2.22. The molecule has 0 fully saturated rings. The molecule has 1 aromatic carbocycles. The van der Waals surface area contributed by atoms with E-state index in [0.717, 1.165) is 55.6 Å². The standard InChI is InChI=1S/C14H19N3O2.HI/c1-4-11(10-17-14-15-6-2-7-16-14)13-12(5-1)18-8-3-9-19-13;/h1,4-5H,2-3,6-10H2,(H2,15,16,17);1H. The van der Waals surface area contributed by atoms with Gasteiger partial charge in [0, 0.05) is 31.6 Å². The van der Waals surface area contributed by atoms with Gasteiger partial charge >= 0.3 is 0 Å². The van der Waals surface area contributed by atoms with Crippen LogP contribution in [0.4, 0.5) is 0 Å². The van der Waals surface area contributed by atoms with Gasteiger partial charge in [-0.1, -0.05) is 12.1 Å². The fourth-order valence-corrected chi connectivity index (χ4v) is 2.22. The average molecular weight is 389 g/mol. The zero-order valence-corrected chi connectivity index (χ0v) is 13.7. The van der Waals surface area contributed by atoms with Crippen LogP contribution in [-0.2, 0) is 6.54 Å². The Hall–Kier alpha value is -1.18. The molecule has 0 saturated carbocycles. The van der Waals surface area contributed by atoms with E-state index in [0.29, 0.717) is 13.2 Å². The molecule has 0 radical (unpaired) electrons. The highest BCUT2D eigenvalue weighted by molar-refractivity contribution is 14.0. The summed E-state index contributed by atoms with van der Waals surface area (Å²) >= 11 is 0. The van der Waals surface area contributed by atoms with Gasteiger partial charge in [-0.2, -0.15) is 0 Å². The van der Waals surface area contributed by atoms with Crippen molar-refractivity contribution in [2.75, 3.05) is 26.3 Å². The molecule has 0 aliphatic carbocycles. The number of rotatable bonds is 2. The van der Waals surface area contributed by atoms with Crippen LogP contribution in [0.5, 0.6) is 11.5 Å². The third-order valence-corrected chi connectivity index (χ3v) is 3.20. The van der Waals surface area contributed by atoms with Gasteiger partial charge in [0.05, 0.1) is 13.2 Å². The van der Waals surface area contributed by atoms with Gasteiger partial charge in [0.2, 0.25) is 0 Å². The summed E-state index contributed by atoms with van der Waals surface area (Å²) in [5.74, 6) is 2.58. The second-order valence-corrected chi connectivity index (χ2v) is 4.66. The van der Waals surface area contributed by atoms with Crippen molar-refractivity contribution in [2.45, 2.75) is 19.4 Å². The molecule has 0 atom stereocenters. The molecule has 2 heterocycles. The second-order valence-electron chi connectivity index (χ2n) is 4.66. The maximum Gasteiger partial charge on any atom is 0.191 e. The largest absolute Gasteiger partial charge is 0.490 e. The van der Waals surface area contributed by atoms with Crippen LogP contribution in [0.3, 0.4) is 0 Å². The molecule has 1 aromatic rings. The van der Waals surface area contributed by atoms with Crippen LogP contribution in [-0.4, -0.2) is 32.3 Å². The first-order chi connectivity index (χ1) is 9.43. The molecule has 110 valence electrons. The Morgan fingerprint density at radius 2 is 2.10 bits per heavy atom. The minimum absolute atomic E-state index is 0. The maximum absolute atomic E-state index is 5.79. The number of hydrogen-bond donors (Lipinski definition) is 2. The van der Waals surface area contributed by atoms with Crippen LogP contribution in [0.15, 0.2) is 23.2 Å². The van der Waals surface area contributed by atoms with Gasteiger partial charge in [0.25, 0.3) is 0 Å². The van der Waals surface area contributed by atoms with Crippen molar-refractivity contribution in [3.8, 4) is 11.5 Å². The molecule has 5 nitrogen and oxygen atoms in total. The van der Waals surface area contributed by atoms with Crippen LogP contribution in [0, 0.1) is 0 Å². The minimum Gasteiger partial charge on any atom is -0.490 e. The van der Waals surface area contributed by atoms with Crippen LogP contribution >= 0.6 is 24.0 Å². The summed E-state index contributed by atoms with van der Waals surface area (Å²) in [6, 6.07) is 6.02. The fraction of sp³-hybridized carbons (Fsp3) is 0.500. The number of nitrogens with zero attached hydrogens (tertiary/aromatic N) is 1. The topological polar surface area (TPSA) is 54.9 Å². The Kier molecular flexibility index (Phi) is 5.75. The van der Waals surface area contributed by atoms with E-state index in [2.05, 4.69) is 21.7 Å². The predicted octanol–water partition coefficient (Wildman–Crippen LogP) is 1.90. The summed E-state index contributed by atoms with van der Waals surface area (Å²) in [5, 5.41) is 6.56. The Labute approximate surface area is 136 Å². The molecule has 2 aliphatic rings. The zero-order chi connectivity index (χ0) is 12.9. The van der Waals surface area contributed by atoms with Crippen molar-refractivity contribution >= 4 is 29.9 Å². The quantitative estimate of drug-likeness (QED) is 0.759. The van der Waals surface area contributed by atoms with E-state index in [4.69, 9.17) is 9.47 Å². The lowest BCUT2D eigenvalue weighted by Gasteiger charge is -2.17. The Morgan fingerprint density at radius 1 is 1.20 bits per heavy atom. The number of fused-ring (bicyclic) bond motifs is 1. The van der Waals surface area contributed by atoms with Gasteiger partial charge in [0.1, 0.15) is 0 Å². The summed E-state index contributed by atoms with van der Waals surface area (Å²) in [6.07, 6.45) is 2.03. The highest BCUT2D eigenvalue weighted by Crippen LogP contribution is 2.33. The number of benzene rings is 1. The number of nitrogens with one attached hydrogen (secondary N) is 2. The first-order valence-electron chi connectivity index (χ1n) is 6.83. The summed E-state index contributed by atoms with van der Waals surface area (Å²) in [7, 11) is 0. The van der Waals surface area contributed by atoms with Gasteiger partial charge < -0.3 is 20.1 Å². The highest BCUT2D eigenvalue weighted by Gasteiger charge is 2.14. The molecule has 20 heavy (non-hydrogen) atoms. The second kappa shape index (κ2) is 7.56. The predicted molar refractivity (Wildman–Crippen MR) is 89.2 cm³/mol. The lowest BCUT2D eigenvalue weighted by atomic mass is 10.2. The van der Waals surface area contributed by atoms with E-state index in [1.54, 1.807) is 0 Å². The van der Waals surface area contributed by atoms with E-state index < -0.39 is 0 Å². The van der Waals surface area contributed by atoms with E-state index in [-0.39, 0.29) is 24.0 Å². The number of para-hydroxylation sites is 1. The molecule has 2 aliphatic heterocycles. The molecule has 2 N–H and O–H groups in total. The normalized spacial score (nSPS) is 17.1. The lowest BCUT2D eigenvalue weighted by molar-refractivity contribution is 0.296. The molecular formula is C14H20IN3O2. The van der Waals surface area contributed by atoms with Gasteiger partial charge in [0.15, 0.2) is 17.5 Å². The summed E-state index contributed by atoms with van der Waals surface area (Å²) in [6.45, 7) is 4.00. The van der Waals surface area contributed by atoms with Crippen molar-refractivity contribution < 1.29 is 9.47 Å². The minimum atomic E-state index is 0. The van der Waals surface area contributed by atoms with E-state index in [1.807, 2.05) is 12.1 Å².